The number of thioether (sulfide) groups is 1. The van der Waals surface area contributed by atoms with E-state index in [4.69, 9.17) is 9.47 Å². The van der Waals surface area contributed by atoms with Crippen molar-refractivity contribution in [2.24, 2.45) is 5.16 Å². The Kier molecular flexibility index (Phi) is 8.48. The molecule has 2 amide bonds. The number of amides is 2. The summed E-state index contributed by atoms with van der Waals surface area (Å²) >= 11 is 1.11. The van der Waals surface area contributed by atoms with Gasteiger partial charge in [0.2, 0.25) is 0 Å². The quantitative estimate of drug-likeness (QED) is 0.0765. The number of carboxylic acids is 1. The van der Waals surface area contributed by atoms with E-state index in [-0.39, 0.29) is 53.2 Å². The van der Waals surface area contributed by atoms with Crippen molar-refractivity contribution in [2.45, 2.75) is 18.0 Å². The van der Waals surface area contributed by atoms with Gasteiger partial charge in [-0.15, -0.1) is 11.8 Å². The summed E-state index contributed by atoms with van der Waals surface area (Å²) in [5, 5.41) is 25.5. The third-order valence-electron chi connectivity index (χ3n) is 4.74. The standard InChI is InChI=1S/C19H19N3O8S.Na/c1-10(23)30-8-12-9-31-18-19(29-2,17(27)22(18)14(12)16(25)26)20-15(24)13(21-28)11-6-4-3-5-7-11;/h3-7,18,28H,8-9H2,1-2H3,(H,20,24)(H,25,26);/q;+1/p-1/t18-,19+;/m1./s1. The molecular weight excluding hydrogens is 453 g/mol. The van der Waals surface area contributed by atoms with Crippen LogP contribution in [0, 0.1) is 0 Å². The Labute approximate surface area is 209 Å². The van der Waals surface area contributed by atoms with Gasteiger partial charge in [-0.25, -0.2) is 0 Å². The first-order chi connectivity index (χ1) is 14.8. The molecule has 1 saturated heterocycles. The average Bonchev–Trinajstić information content (AvgIpc) is 2.76. The van der Waals surface area contributed by atoms with Crippen LogP contribution < -0.4 is 40.0 Å². The summed E-state index contributed by atoms with van der Waals surface area (Å²) in [7, 11) is 1.19. The normalized spacial score (nSPS) is 22.3. The fourth-order valence-corrected chi connectivity index (χ4v) is 4.71. The van der Waals surface area contributed by atoms with E-state index in [1.165, 1.54) is 26.2 Å². The first-order valence-electron chi connectivity index (χ1n) is 8.94. The number of esters is 1. The van der Waals surface area contributed by atoms with Gasteiger partial charge in [0.05, 0.1) is 11.7 Å². The Balaban J connectivity index is 0.00000363. The molecule has 0 spiro atoms. The van der Waals surface area contributed by atoms with Crippen LogP contribution in [0.3, 0.4) is 0 Å². The minimum atomic E-state index is -1.89. The number of oxime groups is 1. The van der Waals surface area contributed by atoms with Crippen molar-refractivity contribution in [3.05, 3.63) is 47.2 Å². The van der Waals surface area contributed by atoms with E-state index in [1.807, 2.05) is 0 Å². The molecule has 0 aliphatic carbocycles. The van der Waals surface area contributed by atoms with E-state index >= 15 is 0 Å². The van der Waals surface area contributed by atoms with E-state index in [9.17, 15) is 29.5 Å². The monoisotopic (exact) mass is 471 g/mol. The van der Waals surface area contributed by atoms with Crippen LogP contribution in [-0.4, -0.2) is 70.1 Å². The van der Waals surface area contributed by atoms with Gasteiger partial charge >= 0.3 is 35.5 Å². The largest absolute Gasteiger partial charge is 1.00 e. The summed E-state index contributed by atoms with van der Waals surface area (Å²) in [6, 6.07) is 8.05. The number of hydrogen-bond donors (Lipinski definition) is 2. The second-order valence-electron chi connectivity index (χ2n) is 6.57. The van der Waals surface area contributed by atoms with Crippen LogP contribution in [0.25, 0.3) is 0 Å². The molecule has 2 aliphatic rings. The number of ether oxygens (including phenoxy) is 2. The summed E-state index contributed by atoms with van der Waals surface area (Å²) in [5.41, 5.74) is -2.19. The van der Waals surface area contributed by atoms with E-state index < -0.39 is 40.5 Å². The van der Waals surface area contributed by atoms with Crippen molar-refractivity contribution in [3.63, 3.8) is 0 Å². The second-order valence-corrected chi connectivity index (χ2v) is 7.64. The molecule has 2 atom stereocenters. The SMILES string of the molecule is CO[C@@]1(NC(=O)C(=NO)c2ccccc2)C(=O)N2C(C(=O)[O-])=C(COC(C)=O)CS[C@@H]21.[Na+]. The van der Waals surface area contributed by atoms with Gasteiger partial charge in [-0.1, -0.05) is 35.5 Å². The molecule has 1 aromatic rings. The number of nitrogens with zero attached hydrogens (tertiary/aromatic N) is 2. The van der Waals surface area contributed by atoms with Crippen LogP contribution in [0.5, 0.6) is 0 Å². The molecule has 2 N–H and O–H groups in total. The molecule has 32 heavy (non-hydrogen) atoms. The Morgan fingerprint density at radius 3 is 2.53 bits per heavy atom. The first-order valence-corrected chi connectivity index (χ1v) is 9.98. The Morgan fingerprint density at radius 2 is 2.00 bits per heavy atom. The first kappa shape index (κ1) is 25.9. The Bertz CT molecular complexity index is 1000. The summed E-state index contributed by atoms with van der Waals surface area (Å²) in [6.07, 6.45) is 0. The molecule has 0 bridgehead atoms. The molecule has 0 unspecified atom stereocenters. The number of carboxylic acid groups (broad SMARTS) is 1. The van der Waals surface area contributed by atoms with Crippen molar-refractivity contribution in [2.75, 3.05) is 19.5 Å². The molecule has 1 aromatic carbocycles. The zero-order valence-electron chi connectivity index (χ0n) is 17.5. The van der Waals surface area contributed by atoms with Gasteiger partial charge in [-0.2, -0.15) is 0 Å². The van der Waals surface area contributed by atoms with Gasteiger partial charge in [-0.3, -0.25) is 19.3 Å². The van der Waals surface area contributed by atoms with Crippen LogP contribution in [0.4, 0.5) is 0 Å². The van der Waals surface area contributed by atoms with Crippen LogP contribution in [0.15, 0.2) is 46.8 Å². The number of hydrogen-bond acceptors (Lipinski definition) is 10. The Morgan fingerprint density at radius 1 is 1.34 bits per heavy atom. The number of carbonyl (C=O) groups excluding carboxylic acids is 4. The van der Waals surface area contributed by atoms with Crippen molar-refractivity contribution in [1.29, 1.82) is 0 Å². The summed E-state index contributed by atoms with van der Waals surface area (Å²) in [6.45, 7) is 0.856. The van der Waals surface area contributed by atoms with Gasteiger partial charge in [0.25, 0.3) is 17.5 Å². The molecule has 0 aromatic heterocycles. The average molecular weight is 471 g/mol. The number of β-lactam (4-membered cyclic amide) rings is 1. The number of fused-ring (bicyclic) bond motifs is 1. The molecule has 0 saturated carbocycles. The van der Waals surface area contributed by atoms with Crippen molar-refractivity contribution in [3.8, 4) is 0 Å². The maximum atomic E-state index is 13.0. The third kappa shape index (κ3) is 4.55. The van der Waals surface area contributed by atoms with Gasteiger partial charge in [0.15, 0.2) is 5.71 Å². The molecule has 13 heteroatoms. The summed E-state index contributed by atoms with van der Waals surface area (Å²) in [5.74, 6) is -3.90. The number of nitrogens with one attached hydrogen (secondary N) is 1. The van der Waals surface area contributed by atoms with Gasteiger partial charge in [0.1, 0.15) is 12.0 Å². The molecule has 1 fully saturated rings. The predicted molar refractivity (Wildman–Crippen MR) is 104 cm³/mol. The minimum absolute atomic E-state index is 0. The molecular formula is C19H18N3NaO8S. The van der Waals surface area contributed by atoms with Gasteiger partial charge in [0, 0.05) is 30.9 Å². The number of carbonyl (C=O) groups is 4. The van der Waals surface area contributed by atoms with E-state index in [0.717, 1.165) is 16.7 Å². The topological polar surface area (TPSA) is 158 Å². The predicted octanol–water partition coefficient (Wildman–Crippen LogP) is -4.19. The van der Waals surface area contributed by atoms with Crippen LogP contribution >= 0.6 is 11.8 Å². The number of benzene rings is 1. The zero-order chi connectivity index (χ0) is 22.8. The fraction of sp³-hybridized carbons (Fsp3) is 0.316. The fourth-order valence-electron chi connectivity index (χ4n) is 3.29. The molecule has 2 heterocycles. The maximum absolute atomic E-state index is 13.0. The summed E-state index contributed by atoms with van der Waals surface area (Å²) in [4.78, 5) is 49.4. The Hall–Kier alpha value is -2.38. The molecule has 0 radical (unpaired) electrons. The van der Waals surface area contributed by atoms with E-state index in [0.29, 0.717) is 5.56 Å². The maximum Gasteiger partial charge on any atom is 1.00 e. The molecule has 164 valence electrons. The minimum Gasteiger partial charge on any atom is -0.543 e. The zero-order valence-corrected chi connectivity index (χ0v) is 20.3. The molecule has 11 nitrogen and oxygen atoms in total. The van der Waals surface area contributed by atoms with Gasteiger partial charge < -0.3 is 29.9 Å². The van der Waals surface area contributed by atoms with E-state index in [1.54, 1.807) is 18.2 Å². The number of rotatable bonds is 7. The van der Waals surface area contributed by atoms with Crippen LogP contribution in [-0.2, 0) is 28.7 Å². The number of methoxy groups -OCH3 is 1. The smallest absolute Gasteiger partial charge is 0.543 e. The van der Waals surface area contributed by atoms with Crippen molar-refractivity contribution >= 4 is 41.2 Å². The third-order valence-corrected chi connectivity index (χ3v) is 6.11. The summed E-state index contributed by atoms with van der Waals surface area (Å²) < 4.78 is 10.2. The van der Waals surface area contributed by atoms with Gasteiger partial charge in [-0.05, 0) is 0 Å². The van der Waals surface area contributed by atoms with E-state index in [2.05, 4.69) is 10.5 Å². The van der Waals surface area contributed by atoms with Crippen molar-refractivity contribution in [1.82, 2.24) is 10.2 Å². The van der Waals surface area contributed by atoms with Crippen LogP contribution in [0.2, 0.25) is 0 Å². The van der Waals surface area contributed by atoms with Crippen LogP contribution in [0.1, 0.15) is 12.5 Å². The number of aliphatic carboxylic acids is 1. The van der Waals surface area contributed by atoms with Crippen molar-refractivity contribution < 1.29 is 68.5 Å². The second kappa shape index (κ2) is 10.5. The molecule has 2 aliphatic heterocycles. The molecule has 3 rings (SSSR count).